The fourth-order valence-corrected chi connectivity index (χ4v) is 1.84. The Bertz CT molecular complexity index is 178. The number of hydrogen-bond donors (Lipinski definition) is 1. The van der Waals surface area contributed by atoms with E-state index in [1.165, 1.54) is 7.11 Å². The summed E-state index contributed by atoms with van der Waals surface area (Å²) >= 11 is 3.27. The summed E-state index contributed by atoms with van der Waals surface area (Å²) in [5, 5.41) is 8.87. The molecule has 0 bridgehead atoms. The summed E-state index contributed by atoms with van der Waals surface area (Å²) in [5.74, 6) is -0.269. The van der Waals surface area contributed by atoms with Crippen LogP contribution < -0.4 is 0 Å². The first-order valence-electron chi connectivity index (χ1n) is 5.20. The van der Waals surface area contributed by atoms with Crippen molar-refractivity contribution >= 4 is 21.9 Å². The molecular weight excluding hydrogens is 262 g/mol. The Morgan fingerprint density at radius 3 is 2.67 bits per heavy atom. The number of carbonyl (C=O) groups is 1. The molecule has 1 atom stereocenters. The molecule has 1 N–H and O–H groups in total. The largest absolute Gasteiger partial charge is 0.468 e. The predicted octanol–water partition coefficient (Wildman–Crippen LogP) is 1.02. The fraction of sp³-hybridized carbons (Fsp3) is 0.900. The van der Waals surface area contributed by atoms with Crippen LogP contribution >= 0.6 is 15.9 Å². The molecule has 0 aromatic rings. The molecule has 0 aliphatic rings. The predicted molar refractivity (Wildman–Crippen MR) is 63.2 cm³/mol. The number of alkyl halides is 1. The lowest BCUT2D eigenvalue weighted by Crippen LogP contribution is -2.36. The molecule has 15 heavy (non-hydrogen) atoms. The Morgan fingerprint density at radius 1 is 1.53 bits per heavy atom. The third-order valence-electron chi connectivity index (χ3n) is 2.12. The van der Waals surface area contributed by atoms with Crippen LogP contribution in [0.1, 0.15) is 19.8 Å². The molecule has 0 aromatic heterocycles. The maximum absolute atomic E-state index is 11.2. The minimum atomic E-state index is -0.314. The lowest BCUT2D eigenvalue weighted by atomic mass is 10.3. The Hall–Kier alpha value is -0.130. The number of carbonyl (C=O) groups excluding carboxylic acids is 1. The van der Waals surface area contributed by atoms with Gasteiger partial charge in [0.15, 0.2) is 0 Å². The highest BCUT2D eigenvalue weighted by molar-refractivity contribution is 9.10. The SMILES string of the molecule is CCCCN(CCO)CC(Br)C(=O)OC. The van der Waals surface area contributed by atoms with Gasteiger partial charge in [-0.15, -0.1) is 0 Å². The van der Waals surface area contributed by atoms with Gasteiger partial charge < -0.3 is 9.84 Å². The number of methoxy groups -OCH3 is 1. The van der Waals surface area contributed by atoms with Gasteiger partial charge in [0.2, 0.25) is 0 Å². The Labute approximate surface area is 99.7 Å². The highest BCUT2D eigenvalue weighted by Gasteiger charge is 2.18. The highest BCUT2D eigenvalue weighted by atomic mass is 79.9. The molecule has 0 aliphatic heterocycles. The van der Waals surface area contributed by atoms with Crippen molar-refractivity contribution in [1.29, 1.82) is 0 Å². The van der Waals surface area contributed by atoms with E-state index in [0.29, 0.717) is 13.1 Å². The number of aliphatic hydroxyl groups is 1. The van der Waals surface area contributed by atoms with Gasteiger partial charge >= 0.3 is 5.97 Å². The monoisotopic (exact) mass is 281 g/mol. The molecule has 0 rings (SSSR count). The van der Waals surface area contributed by atoms with Crippen molar-refractivity contribution in [2.24, 2.45) is 0 Å². The number of halogens is 1. The smallest absolute Gasteiger partial charge is 0.320 e. The average molecular weight is 282 g/mol. The Balaban J connectivity index is 3.96. The first kappa shape index (κ1) is 14.9. The maximum Gasteiger partial charge on any atom is 0.320 e. The van der Waals surface area contributed by atoms with E-state index >= 15 is 0 Å². The molecule has 0 aromatic carbocycles. The summed E-state index contributed by atoms with van der Waals surface area (Å²) in [6.07, 6.45) is 2.17. The molecule has 90 valence electrons. The standard InChI is InChI=1S/C10H20BrNO3/c1-3-4-5-12(6-7-13)8-9(11)10(14)15-2/h9,13H,3-8H2,1-2H3. The van der Waals surface area contributed by atoms with Crippen molar-refractivity contribution in [1.82, 2.24) is 4.90 Å². The van der Waals surface area contributed by atoms with Gasteiger partial charge in [-0.1, -0.05) is 29.3 Å². The molecule has 0 aliphatic carbocycles. The summed E-state index contributed by atoms with van der Waals surface area (Å²) in [6.45, 7) is 4.30. The molecule has 0 heterocycles. The van der Waals surface area contributed by atoms with Crippen LogP contribution in [0.25, 0.3) is 0 Å². The van der Waals surface area contributed by atoms with Crippen LogP contribution in [0.3, 0.4) is 0 Å². The van der Waals surface area contributed by atoms with Gasteiger partial charge in [0.25, 0.3) is 0 Å². The molecular formula is C10H20BrNO3. The van der Waals surface area contributed by atoms with Crippen LogP contribution in [0.2, 0.25) is 0 Å². The van der Waals surface area contributed by atoms with Crippen molar-refractivity contribution < 1.29 is 14.6 Å². The first-order valence-corrected chi connectivity index (χ1v) is 6.12. The number of hydrogen-bond acceptors (Lipinski definition) is 4. The van der Waals surface area contributed by atoms with E-state index in [2.05, 4.69) is 32.5 Å². The van der Waals surface area contributed by atoms with Crippen molar-refractivity contribution in [3.8, 4) is 0 Å². The summed E-state index contributed by atoms with van der Waals surface area (Å²) in [7, 11) is 1.37. The zero-order chi connectivity index (χ0) is 11.7. The van der Waals surface area contributed by atoms with Gasteiger partial charge in [0, 0.05) is 13.1 Å². The lowest BCUT2D eigenvalue weighted by molar-refractivity contribution is -0.140. The molecule has 0 saturated carbocycles. The van der Waals surface area contributed by atoms with Gasteiger partial charge in [0.05, 0.1) is 13.7 Å². The molecule has 0 fully saturated rings. The van der Waals surface area contributed by atoms with Crippen LogP contribution in [-0.4, -0.2) is 54.2 Å². The second-order valence-electron chi connectivity index (χ2n) is 3.37. The molecule has 0 amide bonds. The quantitative estimate of drug-likeness (QED) is 0.533. The minimum Gasteiger partial charge on any atom is -0.468 e. The van der Waals surface area contributed by atoms with Crippen molar-refractivity contribution in [2.75, 3.05) is 33.4 Å². The first-order chi connectivity index (χ1) is 7.15. The Kier molecular flexibility index (Phi) is 9.04. The van der Waals surface area contributed by atoms with E-state index in [1.54, 1.807) is 0 Å². The number of esters is 1. The average Bonchev–Trinajstić information content (AvgIpc) is 2.24. The number of rotatable bonds is 8. The molecule has 0 spiro atoms. The van der Waals surface area contributed by atoms with Gasteiger partial charge in [0.1, 0.15) is 4.83 Å². The van der Waals surface area contributed by atoms with E-state index in [-0.39, 0.29) is 17.4 Å². The van der Waals surface area contributed by atoms with Crippen LogP contribution in [0.4, 0.5) is 0 Å². The van der Waals surface area contributed by atoms with Crippen LogP contribution in [0.15, 0.2) is 0 Å². The zero-order valence-electron chi connectivity index (χ0n) is 9.41. The van der Waals surface area contributed by atoms with Gasteiger partial charge in [-0.25, -0.2) is 0 Å². The highest BCUT2D eigenvalue weighted by Crippen LogP contribution is 2.06. The van der Waals surface area contributed by atoms with Crippen LogP contribution in [-0.2, 0) is 9.53 Å². The van der Waals surface area contributed by atoms with E-state index < -0.39 is 0 Å². The van der Waals surface area contributed by atoms with E-state index in [4.69, 9.17) is 5.11 Å². The van der Waals surface area contributed by atoms with E-state index in [0.717, 1.165) is 19.4 Å². The van der Waals surface area contributed by atoms with E-state index in [9.17, 15) is 4.79 Å². The summed E-state index contributed by atoms with van der Waals surface area (Å²) in [5.41, 5.74) is 0. The molecule has 0 radical (unpaired) electrons. The van der Waals surface area contributed by atoms with Crippen molar-refractivity contribution in [3.05, 3.63) is 0 Å². The summed E-state index contributed by atoms with van der Waals surface area (Å²) < 4.78 is 4.62. The molecule has 0 saturated heterocycles. The molecule has 1 unspecified atom stereocenters. The van der Waals surface area contributed by atoms with Crippen molar-refractivity contribution in [2.45, 2.75) is 24.6 Å². The van der Waals surface area contributed by atoms with Crippen molar-refractivity contribution in [3.63, 3.8) is 0 Å². The fourth-order valence-electron chi connectivity index (χ4n) is 1.25. The summed E-state index contributed by atoms with van der Waals surface area (Å²) in [4.78, 5) is 12.9. The van der Waals surface area contributed by atoms with Crippen LogP contribution in [0, 0.1) is 0 Å². The number of ether oxygens (including phenoxy) is 1. The van der Waals surface area contributed by atoms with Gasteiger partial charge in [-0.2, -0.15) is 0 Å². The lowest BCUT2D eigenvalue weighted by Gasteiger charge is -2.22. The second kappa shape index (κ2) is 9.12. The minimum absolute atomic E-state index is 0.116. The third kappa shape index (κ3) is 6.87. The normalized spacial score (nSPS) is 12.9. The molecule has 4 nitrogen and oxygen atoms in total. The number of unbranched alkanes of at least 4 members (excludes halogenated alkanes) is 1. The third-order valence-corrected chi connectivity index (χ3v) is 2.78. The second-order valence-corrected chi connectivity index (χ2v) is 4.47. The summed E-state index contributed by atoms with van der Waals surface area (Å²) in [6, 6.07) is 0. The van der Waals surface area contributed by atoms with E-state index in [1.807, 2.05) is 0 Å². The maximum atomic E-state index is 11.2. The van der Waals surface area contributed by atoms with Gasteiger partial charge in [-0.05, 0) is 13.0 Å². The van der Waals surface area contributed by atoms with Gasteiger partial charge in [-0.3, -0.25) is 9.69 Å². The van der Waals surface area contributed by atoms with Crippen LogP contribution in [0.5, 0.6) is 0 Å². The zero-order valence-corrected chi connectivity index (χ0v) is 11.0. The number of nitrogens with zero attached hydrogens (tertiary/aromatic N) is 1. The number of aliphatic hydroxyl groups excluding tert-OH is 1. The molecule has 5 heteroatoms. The Morgan fingerprint density at radius 2 is 2.20 bits per heavy atom. The topological polar surface area (TPSA) is 49.8 Å².